The number of anilines is 2. The molecule has 1 atom stereocenters. The summed E-state index contributed by atoms with van der Waals surface area (Å²) < 4.78 is 0. The molecule has 2 aromatic carbocycles. The van der Waals surface area contributed by atoms with Crippen LogP contribution in [0.3, 0.4) is 0 Å². The van der Waals surface area contributed by atoms with E-state index in [1.165, 1.54) is 16.9 Å². The molecule has 3 nitrogen and oxygen atoms in total. The van der Waals surface area contributed by atoms with Crippen molar-refractivity contribution in [3.63, 3.8) is 0 Å². The third-order valence-corrected chi connectivity index (χ3v) is 5.49. The van der Waals surface area contributed by atoms with Gasteiger partial charge in [-0.3, -0.25) is 4.90 Å². The Kier molecular flexibility index (Phi) is 4.80. The van der Waals surface area contributed by atoms with Gasteiger partial charge in [0.2, 0.25) is 0 Å². The zero-order valence-electron chi connectivity index (χ0n) is 14.6. The van der Waals surface area contributed by atoms with Crippen LogP contribution in [-0.4, -0.2) is 48.7 Å². The predicted octanol–water partition coefficient (Wildman–Crippen LogP) is 4.47. The van der Waals surface area contributed by atoms with E-state index in [0.717, 1.165) is 37.7 Å². The topological polar surface area (TPSA) is 9.72 Å². The molecule has 2 aliphatic rings. The molecule has 0 N–H and O–H groups in total. The van der Waals surface area contributed by atoms with Crippen LogP contribution < -0.4 is 4.90 Å². The largest absolute Gasteiger partial charge is 0.321 e. The van der Waals surface area contributed by atoms with Gasteiger partial charge < -0.3 is 9.80 Å². The number of fused-ring (bicyclic) bond motifs is 1. The fourth-order valence-corrected chi connectivity index (χ4v) is 3.91. The predicted molar refractivity (Wildman–Crippen MR) is 107 cm³/mol. The molecule has 0 bridgehead atoms. The fourth-order valence-electron chi connectivity index (χ4n) is 3.79. The normalized spacial score (nSPS) is 21.4. The maximum atomic E-state index is 6.12. The quantitative estimate of drug-likeness (QED) is 0.806. The van der Waals surface area contributed by atoms with E-state index in [4.69, 9.17) is 11.6 Å². The SMILES string of the molecule is CCN1CCN(C2C=Cc3ccccc3N2c2ccc(Cl)cc2)CC1. The summed E-state index contributed by atoms with van der Waals surface area (Å²) in [7, 11) is 0. The highest BCUT2D eigenvalue weighted by Gasteiger charge is 2.30. The minimum absolute atomic E-state index is 0.245. The lowest BCUT2D eigenvalue weighted by molar-refractivity contribution is 0.117. The lowest BCUT2D eigenvalue weighted by Gasteiger charge is -2.45. The van der Waals surface area contributed by atoms with Crippen LogP contribution >= 0.6 is 11.6 Å². The van der Waals surface area contributed by atoms with Crippen LogP contribution in [0.5, 0.6) is 0 Å². The van der Waals surface area contributed by atoms with E-state index >= 15 is 0 Å². The first-order chi connectivity index (χ1) is 12.3. The number of benzene rings is 2. The first-order valence-electron chi connectivity index (χ1n) is 9.04. The summed E-state index contributed by atoms with van der Waals surface area (Å²) >= 11 is 6.12. The standard InChI is InChI=1S/C21H24ClN3/c1-2-23-13-15-24(16-14-23)21-12-7-17-5-3-4-6-20(17)25(21)19-10-8-18(22)9-11-19/h3-12,21H,2,13-16H2,1H3. The van der Waals surface area contributed by atoms with Crippen LogP contribution in [-0.2, 0) is 0 Å². The molecule has 0 radical (unpaired) electrons. The van der Waals surface area contributed by atoms with Crippen molar-refractivity contribution in [2.75, 3.05) is 37.6 Å². The van der Waals surface area contributed by atoms with E-state index < -0.39 is 0 Å². The molecule has 2 aromatic rings. The van der Waals surface area contributed by atoms with Crippen LogP contribution in [0.1, 0.15) is 12.5 Å². The van der Waals surface area contributed by atoms with Crippen LogP contribution in [0.25, 0.3) is 6.08 Å². The molecular weight excluding hydrogens is 330 g/mol. The molecule has 0 saturated carbocycles. The summed E-state index contributed by atoms with van der Waals surface area (Å²) in [6.45, 7) is 7.84. The Hall–Kier alpha value is -1.81. The molecule has 1 fully saturated rings. The Morgan fingerprint density at radius 3 is 2.40 bits per heavy atom. The van der Waals surface area contributed by atoms with Crippen molar-refractivity contribution in [3.8, 4) is 0 Å². The van der Waals surface area contributed by atoms with E-state index in [9.17, 15) is 0 Å². The zero-order valence-corrected chi connectivity index (χ0v) is 15.4. The van der Waals surface area contributed by atoms with Crippen molar-refractivity contribution in [2.45, 2.75) is 13.1 Å². The molecule has 1 saturated heterocycles. The molecular formula is C21H24ClN3. The van der Waals surface area contributed by atoms with E-state index in [1.54, 1.807) is 0 Å². The summed E-state index contributed by atoms with van der Waals surface area (Å²) in [6, 6.07) is 16.8. The average molecular weight is 354 g/mol. The van der Waals surface area contributed by atoms with E-state index in [2.05, 4.69) is 70.2 Å². The van der Waals surface area contributed by atoms with Gasteiger partial charge in [-0.05, 0) is 48.5 Å². The Morgan fingerprint density at radius 1 is 0.960 bits per heavy atom. The Labute approximate surface area is 155 Å². The van der Waals surface area contributed by atoms with Crippen LogP contribution in [0.2, 0.25) is 5.02 Å². The molecule has 0 aliphatic carbocycles. The van der Waals surface area contributed by atoms with Crippen molar-refractivity contribution < 1.29 is 0 Å². The molecule has 25 heavy (non-hydrogen) atoms. The third-order valence-electron chi connectivity index (χ3n) is 5.24. The zero-order chi connectivity index (χ0) is 17.2. The number of nitrogens with zero attached hydrogens (tertiary/aromatic N) is 3. The highest BCUT2D eigenvalue weighted by Crippen LogP contribution is 2.37. The summed E-state index contributed by atoms with van der Waals surface area (Å²) in [4.78, 5) is 7.53. The maximum absolute atomic E-state index is 6.12. The molecule has 0 amide bonds. The van der Waals surface area contributed by atoms with Crippen molar-refractivity contribution in [3.05, 3.63) is 65.2 Å². The summed E-state index contributed by atoms with van der Waals surface area (Å²) in [5.41, 5.74) is 3.71. The molecule has 2 aliphatic heterocycles. The summed E-state index contributed by atoms with van der Waals surface area (Å²) in [5.74, 6) is 0. The Bertz CT molecular complexity index is 748. The summed E-state index contributed by atoms with van der Waals surface area (Å²) in [6.07, 6.45) is 4.84. The Balaban J connectivity index is 1.69. The van der Waals surface area contributed by atoms with E-state index in [0.29, 0.717) is 0 Å². The number of rotatable bonds is 3. The van der Waals surface area contributed by atoms with Gasteiger partial charge >= 0.3 is 0 Å². The van der Waals surface area contributed by atoms with Gasteiger partial charge in [0.05, 0.1) is 5.69 Å². The second kappa shape index (κ2) is 7.20. The number of hydrogen-bond donors (Lipinski definition) is 0. The third kappa shape index (κ3) is 3.32. The second-order valence-corrected chi connectivity index (χ2v) is 7.08. The van der Waals surface area contributed by atoms with Gasteiger partial charge in [-0.25, -0.2) is 0 Å². The molecule has 130 valence electrons. The highest BCUT2D eigenvalue weighted by atomic mass is 35.5. The smallest absolute Gasteiger partial charge is 0.106 e. The summed E-state index contributed by atoms with van der Waals surface area (Å²) in [5, 5.41) is 0.776. The fraction of sp³-hybridized carbons (Fsp3) is 0.333. The van der Waals surface area contributed by atoms with Crippen LogP contribution in [0.15, 0.2) is 54.6 Å². The van der Waals surface area contributed by atoms with Gasteiger partial charge in [0.25, 0.3) is 0 Å². The number of hydrogen-bond acceptors (Lipinski definition) is 3. The van der Waals surface area contributed by atoms with E-state index in [1.807, 2.05) is 12.1 Å². The first-order valence-corrected chi connectivity index (χ1v) is 9.42. The first kappa shape index (κ1) is 16.6. The molecule has 2 heterocycles. The van der Waals surface area contributed by atoms with Gasteiger partial charge in [0.1, 0.15) is 6.17 Å². The number of likely N-dealkylation sites (N-methyl/N-ethyl adjacent to an activating group) is 1. The second-order valence-electron chi connectivity index (χ2n) is 6.65. The number of halogens is 1. The highest BCUT2D eigenvalue weighted by molar-refractivity contribution is 6.30. The molecule has 0 spiro atoms. The number of piperazine rings is 1. The minimum atomic E-state index is 0.245. The monoisotopic (exact) mass is 353 g/mol. The number of para-hydroxylation sites is 1. The molecule has 4 heteroatoms. The van der Waals surface area contributed by atoms with Crippen molar-refractivity contribution in [2.24, 2.45) is 0 Å². The average Bonchev–Trinajstić information content (AvgIpc) is 2.68. The van der Waals surface area contributed by atoms with Gasteiger partial charge in [0, 0.05) is 36.9 Å². The minimum Gasteiger partial charge on any atom is -0.321 e. The van der Waals surface area contributed by atoms with Crippen LogP contribution in [0, 0.1) is 0 Å². The molecule has 1 unspecified atom stereocenters. The van der Waals surface area contributed by atoms with Gasteiger partial charge in [-0.1, -0.05) is 42.8 Å². The molecule has 4 rings (SSSR count). The Morgan fingerprint density at radius 2 is 1.68 bits per heavy atom. The molecule has 0 aromatic heterocycles. The van der Waals surface area contributed by atoms with E-state index in [-0.39, 0.29) is 6.17 Å². The van der Waals surface area contributed by atoms with Crippen molar-refractivity contribution >= 4 is 29.1 Å². The van der Waals surface area contributed by atoms with Gasteiger partial charge in [-0.2, -0.15) is 0 Å². The maximum Gasteiger partial charge on any atom is 0.106 e. The van der Waals surface area contributed by atoms with Gasteiger partial charge in [0.15, 0.2) is 0 Å². The van der Waals surface area contributed by atoms with Crippen molar-refractivity contribution in [1.82, 2.24) is 9.80 Å². The van der Waals surface area contributed by atoms with Gasteiger partial charge in [-0.15, -0.1) is 0 Å². The lowest BCUT2D eigenvalue weighted by atomic mass is 10.0. The van der Waals surface area contributed by atoms with Crippen molar-refractivity contribution in [1.29, 1.82) is 0 Å². The lowest BCUT2D eigenvalue weighted by Crippen LogP contribution is -2.54. The van der Waals surface area contributed by atoms with Crippen LogP contribution in [0.4, 0.5) is 11.4 Å².